The molecule has 0 unspecified atom stereocenters. The summed E-state index contributed by atoms with van der Waals surface area (Å²) in [6.45, 7) is 2.37. The fourth-order valence-electron chi connectivity index (χ4n) is 1.59. The van der Waals surface area contributed by atoms with Crippen LogP contribution in [0, 0.1) is 6.92 Å². The van der Waals surface area contributed by atoms with Gasteiger partial charge < -0.3 is 14.8 Å². The minimum Gasteiger partial charge on any atom is -0.467 e. The molecule has 0 radical (unpaired) electrons. The van der Waals surface area contributed by atoms with Crippen molar-refractivity contribution in [3.63, 3.8) is 0 Å². The van der Waals surface area contributed by atoms with Crippen molar-refractivity contribution in [1.29, 1.82) is 0 Å². The van der Waals surface area contributed by atoms with E-state index in [0.29, 0.717) is 23.6 Å². The van der Waals surface area contributed by atoms with Crippen LogP contribution < -0.4 is 5.32 Å². The topological polar surface area (TPSA) is 62.5 Å². The summed E-state index contributed by atoms with van der Waals surface area (Å²) in [7, 11) is 0. The molecule has 2 rings (SSSR count). The maximum Gasteiger partial charge on any atom is 0.261 e. The van der Waals surface area contributed by atoms with Crippen molar-refractivity contribution in [3.05, 3.63) is 46.0 Å². The number of hydrogen-bond acceptors (Lipinski definition) is 4. The van der Waals surface area contributed by atoms with E-state index in [4.69, 9.17) is 4.42 Å². The summed E-state index contributed by atoms with van der Waals surface area (Å²) in [5, 5.41) is 12.5. The van der Waals surface area contributed by atoms with Gasteiger partial charge in [0.2, 0.25) is 0 Å². The molecule has 2 aromatic heterocycles. The van der Waals surface area contributed by atoms with Gasteiger partial charge in [0.05, 0.1) is 11.1 Å². The van der Waals surface area contributed by atoms with Gasteiger partial charge in [0.15, 0.2) is 0 Å². The summed E-state index contributed by atoms with van der Waals surface area (Å²) >= 11 is 1.46. The smallest absolute Gasteiger partial charge is 0.261 e. The Kier molecular flexibility index (Phi) is 4.17. The van der Waals surface area contributed by atoms with Crippen molar-refractivity contribution in [2.75, 3.05) is 6.54 Å². The summed E-state index contributed by atoms with van der Waals surface area (Å²) in [5.74, 6) is 0.427. The summed E-state index contributed by atoms with van der Waals surface area (Å²) in [5.41, 5.74) is 0. The molecular weight excluding hydrogens is 250 g/mol. The number of carbonyl (C=O) groups excluding carboxylic acids is 1. The predicted molar refractivity (Wildman–Crippen MR) is 69.7 cm³/mol. The van der Waals surface area contributed by atoms with E-state index in [9.17, 15) is 9.90 Å². The molecule has 0 aliphatic rings. The van der Waals surface area contributed by atoms with Gasteiger partial charge in [-0.05, 0) is 37.6 Å². The standard InChI is InChI=1S/C13H15NO3S/c1-9-4-5-12(18-9)13(16)14-7-6-10(15)11-3-2-8-17-11/h2-5,8,10,15H,6-7H2,1H3,(H,14,16)/t10-/m1/s1. The molecule has 2 heterocycles. The van der Waals surface area contributed by atoms with Gasteiger partial charge in [0.25, 0.3) is 5.91 Å². The first-order valence-corrected chi connectivity index (χ1v) is 6.54. The minimum absolute atomic E-state index is 0.0975. The molecule has 0 fully saturated rings. The van der Waals surface area contributed by atoms with E-state index in [0.717, 1.165) is 4.88 Å². The lowest BCUT2D eigenvalue weighted by Gasteiger charge is -2.08. The van der Waals surface area contributed by atoms with Crippen LogP contribution in [0.5, 0.6) is 0 Å². The summed E-state index contributed by atoms with van der Waals surface area (Å²) in [6.07, 6.45) is 1.28. The SMILES string of the molecule is Cc1ccc(C(=O)NCC[C@@H](O)c2ccco2)s1. The van der Waals surface area contributed by atoms with Crippen molar-refractivity contribution >= 4 is 17.2 Å². The molecule has 4 nitrogen and oxygen atoms in total. The van der Waals surface area contributed by atoms with Gasteiger partial charge in [-0.2, -0.15) is 0 Å². The van der Waals surface area contributed by atoms with Gasteiger partial charge in [-0.3, -0.25) is 4.79 Å². The van der Waals surface area contributed by atoms with Crippen LogP contribution in [0.15, 0.2) is 34.9 Å². The Labute approximate surface area is 109 Å². The largest absolute Gasteiger partial charge is 0.467 e. The van der Waals surface area contributed by atoms with Crippen molar-refractivity contribution in [2.24, 2.45) is 0 Å². The summed E-state index contributed by atoms with van der Waals surface area (Å²) in [4.78, 5) is 13.5. The molecule has 0 aliphatic carbocycles. The molecule has 1 amide bonds. The Bertz CT molecular complexity index is 504. The van der Waals surface area contributed by atoms with E-state index in [1.54, 1.807) is 18.2 Å². The van der Waals surface area contributed by atoms with Crippen LogP contribution in [0.3, 0.4) is 0 Å². The molecule has 18 heavy (non-hydrogen) atoms. The molecule has 0 spiro atoms. The Hall–Kier alpha value is -1.59. The minimum atomic E-state index is -0.676. The molecule has 0 saturated carbocycles. The first-order chi connectivity index (χ1) is 8.66. The summed E-state index contributed by atoms with van der Waals surface area (Å²) < 4.78 is 5.08. The molecule has 0 saturated heterocycles. The number of aliphatic hydroxyl groups is 1. The van der Waals surface area contributed by atoms with E-state index >= 15 is 0 Å². The van der Waals surface area contributed by atoms with E-state index < -0.39 is 6.10 Å². The normalized spacial score (nSPS) is 12.3. The average molecular weight is 265 g/mol. The zero-order valence-corrected chi connectivity index (χ0v) is 10.9. The third kappa shape index (κ3) is 3.21. The fraction of sp³-hybridized carbons (Fsp3) is 0.308. The number of amides is 1. The van der Waals surface area contributed by atoms with E-state index in [1.165, 1.54) is 17.6 Å². The number of nitrogens with one attached hydrogen (secondary N) is 1. The molecule has 2 aromatic rings. The van der Waals surface area contributed by atoms with Crippen LogP contribution in [-0.2, 0) is 0 Å². The number of thiophene rings is 1. The number of aliphatic hydroxyl groups excluding tert-OH is 1. The van der Waals surface area contributed by atoms with E-state index in [-0.39, 0.29) is 5.91 Å². The van der Waals surface area contributed by atoms with Crippen LogP contribution in [0.4, 0.5) is 0 Å². The third-order valence-corrected chi connectivity index (χ3v) is 3.54. The number of aryl methyl sites for hydroxylation is 1. The van der Waals surface area contributed by atoms with E-state index in [2.05, 4.69) is 5.32 Å². The zero-order valence-electron chi connectivity index (χ0n) is 10.1. The van der Waals surface area contributed by atoms with Crippen molar-refractivity contribution in [1.82, 2.24) is 5.32 Å². The third-order valence-electron chi connectivity index (χ3n) is 2.54. The monoisotopic (exact) mass is 265 g/mol. The first-order valence-electron chi connectivity index (χ1n) is 5.73. The van der Waals surface area contributed by atoms with Crippen LogP contribution in [-0.4, -0.2) is 17.6 Å². The molecule has 1 atom stereocenters. The van der Waals surface area contributed by atoms with Crippen molar-refractivity contribution in [2.45, 2.75) is 19.4 Å². The van der Waals surface area contributed by atoms with Gasteiger partial charge in [0, 0.05) is 11.4 Å². The zero-order chi connectivity index (χ0) is 13.0. The number of rotatable bonds is 5. The highest BCUT2D eigenvalue weighted by atomic mass is 32.1. The Morgan fingerprint density at radius 2 is 2.33 bits per heavy atom. The van der Waals surface area contributed by atoms with Crippen LogP contribution >= 0.6 is 11.3 Å². The van der Waals surface area contributed by atoms with E-state index in [1.807, 2.05) is 13.0 Å². The fourth-order valence-corrected chi connectivity index (χ4v) is 2.37. The highest BCUT2D eigenvalue weighted by molar-refractivity contribution is 7.13. The van der Waals surface area contributed by atoms with Crippen molar-refractivity contribution < 1.29 is 14.3 Å². The quantitative estimate of drug-likeness (QED) is 0.873. The molecule has 96 valence electrons. The van der Waals surface area contributed by atoms with Crippen LogP contribution in [0.1, 0.15) is 32.8 Å². The molecule has 2 N–H and O–H groups in total. The van der Waals surface area contributed by atoms with Gasteiger partial charge in [-0.25, -0.2) is 0 Å². The summed E-state index contributed by atoms with van der Waals surface area (Å²) in [6, 6.07) is 7.16. The lowest BCUT2D eigenvalue weighted by atomic mass is 10.2. The average Bonchev–Trinajstić information content (AvgIpc) is 2.99. The number of carbonyl (C=O) groups is 1. The van der Waals surface area contributed by atoms with Gasteiger partial charge in [-0.1, -0.05) is 0 Å². The number of hydrogen-bond donors (Lipinski definition) is 2. The van der Waals surface area contributed by atoms with Gasteiger partial charge in [-0.15, -0.1) is 11.3 Å². The molecular formula is C13H15NO3S. The second-order valence-corrected chi connectivity index (χ2v) is 5.27. The van der Waals surface area contributed by atoms with Crippen LogP contribution in [0.2, 0.25) is 0 Å². The lowest BCUT2D eigenvalue weighted by Crippen LogP contribution is -2.24. The first kappa shape index (κ1) is 12.9. The highest BCUT2D eigenvalue weighted by Gasteiger charge is 2.12. The Balaban J connectivity index is 1.77. The second kappa shape index (κ2) is 5.84. The molecule has 0 aliphatic heterocycles. The maximum atomic E-state index is 11.7. The van der Waals surface area contributed by atoms with Crippen LogP contribution in [0.25, 0.3) is 0 Å². The lowest BCUT2D eigenvalue weighted by molar-refractivity contribution is 0.0940. The molecule has 0 bridgehead atoms. The number of furan rings is 1. The second-order valence-electron chi connectivity index (χ2n) is 3.99. The molecule has 5 heteroatoms. The highest BCUT2D eigenvalue weighted by Crippen LogP contribution is 2.17. The van der Waals surface area contributed by atoms with Gasteiger partial charge >= 0.3 is 0 Å². The molecule has 0 aromatic carbocycles. The Morgan fingerprint density at radius 3 is 2.94 bits per heavy atom. The maximum absolute atomic E-state index is 11.7. The van der Waals surface area contributed by atoms with Gasteiger partial charge in [0.1, 0.15) is 11.9 Å². The Morgan fingerprint density at radius 1 is 1.50 bits per heavy atom. The van der Waals surface area contributed by atoms with Crippen molar-refractivity contribution in [3.8, 4) is 0 Å². The predicted octanol–water partition coefficient (Wildman–Crippen LogP) is 2.50.